The SMILES string of the molecule is CCN(CC)CCOc1ccc(CNC(=O)c2cccc(Cn3nc(C)cc3C)c2)cc1OC. The van der Waals surface area contributed by atoms with Crippen molar-refractivity contribution >= 4 is 5.91 Å². The summed E-state index contributed by atoms with van der Waals surface area (Å²) in [6.07, 6.45) is 0. The lowest BCUT2D eigenvalue weighted by Gasteiger charge is -2.19. The Hall–Kier alpha value is -3.32. The summed E-state index contributed by atoms with van der Waals surface area (Å²) in [6.45, 7) is 12.8. The number of amides is 1. The van der Waals surface area contributed by atoms with Gasteiger partial charge in [-0.3, -0.25) is 9.48 Å². The number of hydrogen-bond donors (Lipinski definition) is 1. The minimum absolute atomic E-state index is 0.117. The fraction of sp³-hybridized carbons (Fsp3) is 0.407. The van der Waals surface area contributed by atoms with Crippen LogP contribution < -0.4 is 14.8 Å². The van der Waals surface area contributed by atoms with Gasteiger partial charge in [-0.05, 0) is 68.4 Å². The molecule has 3 rings (SSSR count). The molecule has 1 amide bonds. The molecule has 0 saturated heterocycles. The summed E-state index contributed by atoms with van der Waals surface area (Å²) in [5, 5.41) is 7.51. The number of aryl methyl sites for hydroxylation is 2. The largest absolute Gasteiger partial charge is 0.493 e. The van der Waals surface area contributed by atoms with Gasteiger partial charge < -0.3 is 19.7 Å². The van der Waals surface area contributed by atoms with Crippen molar-refractivity contribution in [2.45, 2.75) is 40.8 Å². The predicted molar refractivity (Wildman–Crippen MR) is 135 cm³/mol. The quantitative estimate of drug-likeness (QED) is 0.435. The van der Waals surface area contributed by atoms with E-state index >= 15 is 0 Å². The molecule has 0 atom stereocenters. The van der Waals surface area contributed by atoms with E-state index in [0.29, 0.717) is 36.8 Å². The topological polar surface area (TPSA) is 68.6 Å². The number of carbonyl (C=O) groups excluding carboxylic acids is 1. The van der Waals surface area contributed by atoms with Gasteiger partial charge in [-0.25, -0.2) is 0 Å². The van der Waals surface area contributed by atoms with E-state index in [1.54, 1.807) is 7.11 Å². The van der Waals surface area contributed by atoms with Crippen LogP contribution in [0.2, 0.25) is 0 Å². The van der Waals surface area contributed by atoms with E-state index in [-0.39, 0.29) is 5.91 Å². The normalized spacial score (nSPS) is 11.0. The number of nitrogens with zero attached hydrogens (tertiary/aromatic N) is 3. The summed E-state index contributed by atoms with van der Waals surface area (Å²) < 4.78 is 13.4. The van der Waals surface area contributed by atoms with Crippen LogP contribution in [0.15, 0.2) is 48.5 Å². The van der Waals surface area contributed by atoms with Gasteiger partial charge in [0.1, 0.15) is 6.61 Å². The highest BCUT2D eigenvalue weighted by Gasteiger charge is 2.10. The molecule has 0 bridgehead atoms. The number of nitrogens with one attached hydrogen (secondary N) is 1. The Morgan fingerprint density at radius 1 is 1.03 bits per heavy atom. The van der Waals surface area contributed by atoms with Crippen LogP contribution >= 0.6 is 0 Å². The number of aromatic nitrogens is 2. The monoisotopic (exact) mass is 464 g/mol. The Balaban J connectivity index is 1.58. The van der Waals surface area contributed by atoms with Gasteiger partial charge in [-0.15, -0.1) is 0 Å². The van der Waals surface area contributed by atoms with Crippen LogP contribution in [0.3, 0.4) is 0 Å². The van der Waals surface area contributed by atoms with E-state index in [2.05, 4.69) is 29.2 Å². The zero-order chi connectivity index (χ0) is 24.5. The van der Waals surface area contributed by atoms with Crippen molar-refractivity contribution in [1.82, 2.24) is 20.0 Å². The smallest absolute Gasteiger partial charge is 0.251 e. The first-order valence-electron chi connectivity index (χ1n) is 11.8. The average Bonchev–Trinajstić information content (AvgIpc) is 3.16. The van der Waals surface area contributed by atoms with Crippen molar-refractivity contribution in [2.24, 2.45) is 0 Å². The summed E-state index contributed by atoms with van der Waals surface area (Å²) in [6, 6.07) is 15.5. The molecular formula is C27H36N4O3. The second-order valence-electron chi connectivity index (χ2n) is 8.33. The number of carbonyl (C=O) groups is 1. The van der Waals surface area contributed by atoms with E-state index in [0.717, 1.165) is 42.1 Å². The van der Waals surface area contributed by atoms with Crippen molar-refractivity contribution in [2.75, 3.05) is 33.4 Å². The molecule has 0 radical (unpaired) electrons. The van der Waals surface area contributed by atoms with Gasteiger partial charge in [0.05, 0.1) is 19.3 Å². The minimum atomic E-state index is -0.117. The molecule has 0 saturated carbocycles. The van der Waals surface area contributed by atoms with Crippen molar-refractivity contribution in [3.63, 3.8) is 0 Å². The zero-order valence-corrected chi connectivity index (χ0v) is 20.9. The first-order chi connectivity index (χ1) is 16.4. The number of ether oxygens (including phenoxy) is 2. The third-order valence-corrected chi connectivity index (χ3v) is 5.87. The minimum Gasteiger partial charge on any atom is -0.493 e. The number of rotatable bonds is 12. The molecular weight excluding hydrogens is 428 g/mol. The Morgan fingerprint density at radius 2 is 1.82 bits per heavy atom. The molecule has 1 aromatic heterocycles. The van der Waals surface area contributed by atoms with E-state index in [1.165, 1.54) is 0 Å². The molecule has 3 aromatic rings. The molecule has 2 aromatic carbocycles. The molecule has 182 valence electrons. The molecule has 0 aliphatic heterocycles. The molecule has 7 nitrogen and oxygen atoms in total. The fourth-order valence-corrected chi connectivity index (χ4v) is 3.87. The van der Waals surface area contributed by atoms with E-state index in [4.69, 9.17) is 9.47 Å². The summed E-state index contributed by atoms with van der Waals surface area (Å²) in [5.41, 5.74) is 4.69. The maximum Gasteiger partial charge on any atom is 0.251 e. The Morgan fingerprint density at radius 3 is 2.50 bits per heavy atom. The second kappa shape index (κ2) is 12.2. The third kappa shape index (κ3) is 6.84. The van der Waals surface area contributed by atoms with Crippen LogP contribution in [0.25, 0.3) is 0 Å². The highest BCUT2D eigenvalue weighted by atomic mass is 16.5. The maximum atomic E-state index is 12.8. The number of methoxy groups -OCH3 is 1. The van der Waals surface area contributed by atoms with Gasteiger partial charge in [0.2, 0.25) is 0 Å². The summed E-state index contributed by atoms with van der Waals surface area (Å²) in [4.78, 5) is 15.1. The first kappa shape index (κ1) is 25.3. The fourth-order valence-electron chi connectivity index (χ4n) is 3.87. The van der Waals surface area contributed by atoms with Crippen molar-refractivity contribution in [3.05, 3.63) is 76.6 Å². The van der Waals surface area contributed by atoms with E-state index in [1.807, 2.05) is 67.1 Å². The average molecular weight is 465 g/mol. The lowest BCUT2D eigenvalue weighted by molar-refractivity contribution is 0.0950. The van der Waals surface area contributed by atoms with Crippen LogP contribution in [0.4, 0.5) is 0 Å². The van der Waals surface area contributed by atoms with Crippen LogP contribution in [-0.4, -0.2) is 53.9 Å². The molecule has 0 aliphatic carbocycles. The number of hydrogen-bond acceptors (Lipinski definition) is 5. The van der Waals surface area contributed by atoms with Crippen LogP contribution in [0.1, 0.15) is 46.7 Å². The molecule has 0 unspecified atom stereocenters. The molecule has 0 spiro atoms. The van der Waals surface area contributed by atoms with Crippen LogP contribution in [0, 0.1) is 13.8 Å². The van der Waals surface area contributed by atoms with Gasteiger partial charge in [0, 0.05) is 24.3 Å². The molecule has 1 heterocycles. The Bertz CT molecular complexity index is 1090. The maximum absolute atomic E-state index is 12.8. The van der Waals surface area contributed by atoms with Gasteiger partial charge in [0.25, 0.3) is 5.91 Å². The van der Waals surface area contributed by atoms with E-state index < -0.39 is 0 Å². The highest BCUT2D eigenvalue weighted by molar-refractivity contribution is 5.94. The highest BCUT2D eigenvalue weighted by Crippen LogP contribution is 2.28. The van der Waals surface area contributed by atoms with E-state index in [9.17, 15) is 4.79 Å². The third-order valence-electron chi connectivity index (χ3n) is 5.87. The predicted octanol–water partition coefficient (Wildman–Crippen LogP) is 4.21. The summed E-state index contributed by atoms with van der Waals surface area (Å²) in [7, 11) is 1.63. The van der Waals surface area contributed by atoms with Gasteiger partial charge in [0.15, 0.2) is 11.5 Å². The number of likely N-dealkylation sites (N-methyl/N-ethyl adjacent to an activating group) is 1. The van der Waals surface area contributed by atoms with Crippen LogP contribution in [-0.2, 0) is 13.1 Å². The molecule has 7 heteroatoms. The standard InChI is InChI=1S/C27H36N4O3/c1-6-30(7-2)13-14-34-25-12-11-22(17-26(25)33-5)18-28-27(32)24-10-8-9-23(16-24)19-31-21(4)15-20(3)29-31/h8-12,15-17H,6-7,13-14,18-19H2,1-5H3,(H,28,32). The zero-order valence-electron chi connectivity index (χ0n) is 20.9. The van der Waals surface area contributed by atoms with Gasteiger partial charge in [-0.2, -0.15) is 5.10 Å². The van der Waals surface area contributed by atoms with Gasteiger partial charge >= 0.3 is 0 Å². The Labute approximate surface area is 202 Å². The second-order valence-corrected chi connectivity index (χ2v) is 8.33. The molecule has 0 aliphatic rings. The lowest BCUT2D eigenvalue weighted by Crippen LogP contribution is -2.28. The Kier molecular flexibility index (Phi) is 9.10. The molecule has 34 heavy (non-hydrogen) atoms. The molecule has 1 N–H and O–H groups in total. The lowest BCUT2D eigenvalue weighted by atomic mass is 10.1. The summed E-state index contributed by atoms with van der Waals surface area (Å²) in [5.74, 6) is 1.26. The summed E-state index contributed by atoms with van der Waals surface area (Å²) >= 11 is 0. The number of benzene rings is 2. The molecule has 0 fully saturated rings. The van der Waals surface area contributed by atoms with Crippen molar-refractivity contribution in [1.29, 1.82) is 0 Å². The van der Waals surface area contributed by atoms with Crippen molar-refractivity contribution < 1.29 is 14.3 Å². The van der Waals surface area contributed by atoms with Gasteiger partial charge in [-0.1, -0.05) is 32.0 Å². The first-order valence-corrected chi connectivity index (χ1v) is 11.8. The van der Waals surface area contributed by atoms with Crippen molar-refractivity contribution in [3.8, 4) is 11.5 Å². The van der Waals surface area contributed by atoms with Crippen LogP contribution in [0.5, 0.6) is 11.5 Å².